The summed E-state index contributed by atoms with van der Waals surface area (Å²) in [6, 6.07) is 7.03. The summed E-state index contributed by atoms with van der Waals surface area (Å²) < 4.78 is 1.16. The van der Waals surface area contributed by atoms with Crippen LogP contribution in [0, 0.1) is 12.8 Å². The van der Waals surface area contributed by atoms with E-state index in [1.54, 1.807) is 0 Å². The van der Waals surface area contributed by atoms with E-state index in [1.165, 1.54) is 50.1 Å². The SMILES string of the molecule is CCCN1CCCC(C(C)Nc2cc(C)ccc2Br)C1. The lowest BCUT2D eigenvalue weighted by molar-refractivity contribution is 0.165. The van der Waals surface area contributed by atoms with Crippen LogP contribution in [0.5, 0.6) is 0 Å². The van der Waals surface area contributed by atoms with Crippen molar-refractivity contribution in [2.24, 2.45) is 5.92 Å². The zero-order valence-corrected chi connectivity index (χ0v) is 14.5. The molecular formula is C17H27BrN2. The van der Waals surface area contributed by atoms with Crippen molar-refractivity contribution >= 4 is 21.6 Å². The molecule has 0 aliphatic carbocycles. The molecule has 1 heterocycles. The number of benzene rings is 1. The highest BCUT2D eigenvalue weighted by Gasteiger charge is 2.24. The molecule has 2 nitrogen and oxygen atoms in total. The third-order valence-electron chi connectivity index (χ3n) is 4.29. The Balaban J connectivity index is 1.96. The fourth-order valence-electron chi connectivity index (χ4n) is 3.13. The average Bonchev–Trinajstić information content (AvgIpc) is 2.43. The quantitative estimate of drug-likeness (QED) is 0.838. The number of nitrogens with zero attached hydrogens (tertiary/aromatic N) is 1. The van der Waals surface area contributed by atoms with Crippen LogP contribution in [0.4, 0.5) is 5.69 Å². The second-order valence-electron chi connectivity index (χ2n) is 6.12. The topological polar surface area (TPSA) is 15.3 Å². The van der Waals surface area contributed by atoms with E-state index in [0.29, 0.717) is 6.04 Å². The van der Waals surface area contributed by atoms with Crippen LogP contribution < -0.4 is 5.32 Å². The van der Waals surface area contributed by atoms with Gasteiger partial charge in [0.2, 0.25) is 0 Å². The van der Waals surface area contributed by atoms with E-state index in [2.05, 4.69) is 65.1 Å². The highest BCUT2D eigenvalue weighted by molar-refractivity contribution is 9.10. The number of hydrogen-bond acceptors (Lipinski definition) is 2. The Labute approximate surface area is 132 Å². The van der Waals surface area contributed by atoms with Crippen LogP contribution in [0.1, 0.15) is 38.7 Å². The molecule has 0 saturated carbocycles. The number of likely N-dealkylation sites (tertiary alicyclic amines) is 1. The molecule has 2 rings (SSSR count). The molecule has 2 unspecified atom stereocenters. The Morgan fingerprint density at radius 3 is 3.00 bits per heavy atom. The first kappa shape index (κ1) is 15.8. The number of nitrogens with one attached hydrogen (secondary N) is 1. The standard InChI is InChI=1S/C17H27BrN2/c1-4-9-20-10-5-6-15(12-20)14(3)19-17-11-13(2)7-8-16(17)18/h7-8,11,14-15,19H,4-6,9-10,12H2,1-3H3. The summed E-state index contributed by atoms with van der Waals surface area (Å²) in [5.41, 5.74) is 2.53. The van der Waals surface area contributed by atoms with Gasteiger partial charge in [-0.2, -0.15) is 0 Å². The second kappa shape index (κ2) is 7.46. The van der Waals surface area contributed by atoms with Crippen molar-refractivity contribution in [3.05, 3.63) is 28.2 Å². The van der Waals surface area contributed by atoms with E-state index >= 15 is 0 Å². The summed E-state index contributed by atoms with van der Waals surface area (Å²) in [5, 5.41) is 3.71. The molecule has 1 fully saturated rings. The largest absolute Gasteiger partial charge is 0.381 e. The Morgan fingerprint density at radius 2 is 2.25 bits per heavy atom. The predicted octanol–water partition coefficient (Wildman–Crippen LogP) is 4.68. The van der Waals surface area contributed by atoms with E-state index in [4.69, 9.17) is 0 Å². The van der Waals surface area contributed by atoms with Crippen LogP contribution >= 0.6 is 15.9 Å². The van der Waals surface area contributed by atoms with Gasteiger partial charge >= 0.3 is 0 Å². The van der Waals surface area contributed by atoms with Crippen molar-refractivity contribution in [2.75, 3.05) is 25.0 Å². The first-order valence-electron chi connectivity index (χ1n) is 7.85. The van der Waals surface area contributed by atoms with Crippen LogP contribution in [0.2, 0.25) is 0 Å². The highest BCUT2D eigenvalue weighted by Crippen LogP contribution is 2.27. The van der Waals surface area contributed by atoms with E-state index in [9.17, 15) is 0 Å². The maximum atomic E-state index is 3.71. The van der Waals surface area contributed by atoms with Gasteiger partial charge in [-0.3, -0.25) is 0 Å². The van der Waals surface area contributed by atoms with Gasteiger partial charge in [-0.25, -0.2) is 0 Å². The Hall–Kier alpha value is -0.540. The minimum absolute atomic E-state index is 0.521. The number of piperidine rings is 1. The molecule has 1 saturated heterocycles. The van der Waals surface area contributed by atoms with E-state index in [1.807, 2.05) is 0 Å². The average molecular weight is 339 g/mol. The van der Waals surface area contributed by atoms with Gasteiger partial charge in [0.05, 0.1) is 0 Å². The molecule has 1 aliphatic heterocycles. The van der Waals surface area contributed by atoms with Crippen molar-refractivity contribution in [2.45, 2.75) is 46.1 Å². The van der Waals surface area contributed by atoms with Gasteiger partial charge in [0, 0.05) is 22.7 Å². The maximum Gasteiger partial charge on any atom is 0.0489 e. The molecule has 1 aliphatic rings. The molecule has 0 radical (unpaired) electrons. The molecule has 2 atom stereocenters. The van der Waals surface area contributed by atoms with Crippen molar-refractivity contribution in [1.82, 2.24) is 4.90 Å². The molecule has 0 bridgehead atoms. The summed E-state index contributed by atoms with van der Waals surface area (Å²) in [6.07, 6.45) is 3.95. The number of aryl methyl sites for hydroxylation is 1. The third-order valence-corrected chi connectivity index (χ3v) is 4.99. The van der Waals surface area contributed by atoms with Crippen molar-refractivity contribution in [1.29, 1.82) is 0 Å². The van der Waals surface area contributed by atoms with Crippen molar-refractivity contribution in [3.63, 3.8) is 0 Å². The second-order valence-corrected chi connectivity index (χ2v) is 6.97. The van der Waals surface area contributed by atoms with Gasteiger partial charge in [0.25, 0.3) is 0 Å². The van der Waals surface area contributed by atoms with Crippen LogP contribution in [0.25, 0.3) is 0 Å². The molecule has 1 aromatic rings. The lowest BCUT2D eigenvalue weighted by Crippen LogP contribution is -2.42. The molecule has 0 spiro atoms. The molecular weight excluding hydrogens is 312 g/mol. The van der Waals surface area contributed by atoms with E-state index < -0.39 is 0 Å². The number of anilines is 1. The minimum Gasteiger partial charge on any atom is -0.381 e. The molecule has 0 aromatic heterocycles. The normalized spacial score (nSPS) is 21.7. The summed E-state index contributed by atoms with van der Waals surface area (Å²) in [4.78, 5) is 2.62. The van der Waals surface area contributed by atoms with Crippen LogP contribution in [-0.2, 0) is 0 Å². The van der Waals surface area contributed by atoms with Crippen molar-refractivity contribution in [3.8, 4) is 0 Å². The Morgan fingerprint density at radius 1 is 1.45 bits per heavy atom. The number of halogens is 1. The first-order valence-corrected chi connectivity index (χ1v) is 8.64. The number of hydrogen-bond donors (Lipinski definition) is 1. The minimum atomic E-state index is 0.521. The lowest BCUT2D eigenvalue weighted by atomic mass is 9.91. The molecule has 1 N–H and O–H groups in total. The van der Waals surface area contributed by atoms with Gasteiger partial charge in [-0.15, -0.1) is 0 Å². The summed E-state index contributed by atoms with van der Waals surface area (Å²) in [7, 11) is 0. The summed E-state index contributed by atoms with van der Waals surface area (Å²) in [5.74, 6) is 0.753. The van der Waals surface area contributed by atoms with Gasteiger partial charge < -0.3 is 10.2 Å². The Kier molecular flexibility index (Phi) is 5.91. The van der Waals surface area contributed by atoms with E-state index in [0.717, 1.165) is 10.4 Å². The fourth-order valence-corrected chi connectivity index (χ4v) is 3.49. The lowest BCUT2D eigenvalue weighted by Gasteiger charge is -2.36. The smallest absolute Gasteiger partial charge is 0.0489 e. The molecule has 20 heavy (non-hydrogen) atoms. The highest BCUT2D eigenvalue weighted by atomic mass is 79.9. The fraction of sp³-hybridized carbons (Fsp3) is 0.647. The van der Waals surface area contributed by atoms with Crippen LogP contribution in [0.15, 0.2) is 22.7 Å². The Bertz CT molecular complexity index is 431. The van der Waals surface area contributed by atoms with Gasteiger partial charge in [-0.1, -0.05) is 13.0 Å². The third kappa shape index (κ3) is 4.23. The van der Waals surface area contributed by atoms with E-state index in [-0.39, 0.29) is 0 Å². The number of rotatable bonds is 5. The molecule has 1 aromatic carbocycles. The molecule has 0 amide bonds. The monoisotopic (exact) mass is 338 g/mol. The van der Waals surface area contributed by atoms with Gasteiger partial charge in [0.15, 0.2) is 0 Å². The first-order chi connectivity index (χ1) is 9.60. The predicted molar refractivity (Wildman–Crippen MR) is 91.4 cm³/mol. The summed E-state index contributed by atoms with van der Waals surface area (Å²) >= 11 is 3.65. The zero-order chi connectivity index (χ0) is 14.5. The summed E-state index contributed by atoms with van der Waals surface area (Å²) in [6.45, 7) is 10.5. The maximum absolute atomic E-state index is 3.71. The van der Waals surface area contributed by atoms with Gasteiger partial charge in [-0.05, 0) is 85.7 Å². The molecule has 112 valence electrons. The van der Waals surface area contributed by atoms with Crippen LogP contribution in [0.3, 0.4) is 0 Å². The molecule has 3 heteroatoms. The van der Waals surface area contributed by atoms with Crippen molar-refractivity contribution < 1.29 is 0 Å². The van der Waals surface area contributed by atoms with Crippen LogP contribution in [-0.4, -0.2) is 30.6 Å². The zero-order valence-electron chi connectivity index (χ0n) is 13.0. The van der Waals surface area contributed by atoms with Gasteiger partial charge in [0.1, 0.15) is 0 Å².